The van der Waals surface area contributed by atoms with Crippen molar-refractivity contribution in [2.45, 2.75) is 52.7 Å². The molecule has 1 N–H and O–H groups in total. The predicted octanol–water partition coefficient (Wildman–Crippen LogP) is 6.41. The molecule has 0 bridgehead atoms. The minimum Gasteiger partial charge on any atom is -0.490 e. The highest BCUT2D eigenvalue weighted by atomic mass is 35.5. The average molecular weight is 412 g/mol. The fourth-order valence-corrected chi connectivity index (χ4v) is 2.83. The van der Waals surface area contributed by atoms with Crippen molar-refractivity contribution in [3.63, 3.8) is 0 Å². The zero-order chi connectivity index (χ0) is 18.6. The number of hydrogen-bond donors (Lipinski definition) is 1. The van der Waals surface area contributed by atoms with Crippen molar-refractivity contribution in [2.75, 3.05) is 13.2 Å². The van der Waals surface area contributed by atoms with Crippen molar-refractivity contribution < 1.29 is 9.47 Å². The van der Waals surface area contributed by atoms with Gasteiger partial charge in [0.25, 0.3) is 0 Å². The van der Waals surface area contributed by atoms with Gasteiger partial charge in [0.05, 0.1) is 6.61 Å². The van der Waals surface area contributed by atoms with Gasteiger partial charge in [0.2, 0.25) is 0 Å². The molecule has 0 spiro atoms. The third-order valence-electron chi connectivity index (χ3n) is 4.15. The number of benzene rings is 2. The number of hydrogen-bond acceptors (Lipinski definition) is 3. The molecule has 0 saturated heterocycles. The topological polar surface area (TPSA) is 30.5 Å². The number of nitrogens with one attached hydrogen (secondary N) is 1. The van der Waals surface area contributed by atoms with Crippen molar-refractivity contribution in [1.29, 1.82) is 0 Å². The summed E-state index contributed by atoms with van der Waals surface area (Å²) in [4.78, 5) is 0. The van der Waals surface area contributed by atoms with Gasteiger partial charge in [-0.1, -0.05) is 56.0 Å². The van der Waals surface area contributed by atoms with Crippen LogP contribution in [0.2, 0.25) is 5.02 Å². The summed E-state index contributed by atoms with van der Waals surface area (Å²) < 4.78 is 11.7. The lowest BCUT2D eigenvalue weighted by Crippen LogP contribution is -2.14. The van der Waals surface area contributed by atoms with E-state index in [1.54, 1.807) is 0 Å². The summed E-state index contributed by atoms with van der Waals surface area (Å²) in [6, 6.07) is 13.9. The van der Waals surface area contributed by atoms with Crippen LogP contribution in [0.15, 0.2) is 42.5 Å². The van der Waals surface area contributed by atoms with E-state index >= 15 is 0 Å². The van der Waals surface area contributed by atoms with E-state index in [9.17, 15) is 0 Å². The lowest BCUT2D eigenvalue weighted by atomic mass is 10.2. The molecule has 0 amide bonds. The number of rotatable bonds is 12. The second-order valence-corrected chi connectivity index (χ2v) is 6.80. The van der Waals surface area contributed by atoms with Crippen LogP contribution >= 0.6 is 24.0 Å². The average Bonchev–Trinajstić information content (AvgIpc) is 2.65. The van der Waals surface area contributed by atoms with Gasteiger partial charge in [0.15, 0.2) is 11.5 Å². The van der Waals surface area contributed by atoms with E-state index in [0.29, 0.717) is 13.2 Å². The summed E-state index contributed by atoms with van der Waals surface area (Å²) in [5, 5.41) is 4.24. The molecule has 0 heterocycles. The Morgan fingerprint density at radius 3 is 2.30 bits per heavy atom. The van der Waals surface area contributed by atoms with Crippen LogP contribution in [0.4, 0.5) is 0 Å². The Balaban J connectivity index is 0.00000364. The van der Waals surface area contributed by atoms with Gasteiger partial charge in [-0.25, -0.2) is 0 Å². The molecule has 2 rings (SSSR count). The first-order valence-corrected chi connectivity index (χ1v) is 9.94. The summed E-state index contributed by atoms with van der Waals surface area (Å²) in [7, 11) is 0. The number of ether oxygens (including phenoxy) is 2. The van der Waals surface area contributed by atoms with Gasteiger partial charge < -0.3 is 14.8 Å². The molecule has 0 atom stereocenters. The van der Waals surface area contributed by atoms with Gasteiger partial charge in [0.1, 0.15) is 6.61 Å². The van der Waals surface area contributed by atoms with Crippen LogP contribution in [0.5, 0.6) is 11.5 Å². The SMILES string of the molecule is CCCCCCNCc1ccc(OCc2ccc(Cl)cc2)c(OCC)c1.Cl. The first kappa shape index (κ1) is 23.6. The molecule has 0 saturated carbocycles. The monoisotopic (exact) mass is 411 g/mol. The summed E-state index contributed by atoms with van der Waals surface area (Å²) in [5.41, 5.74) is 2.29. The fraction of sp³-hybridized carbons (Fsp3) is 0.455. The van der Waals surface area contributed by atoms with Crippen LogP contribution in [0.3, 0.4) is 0 Å². The molecule has 5 heteroatoms. The van der Waals surface area contributed by atoms with E-state index in [0.717, 1.165) is 35.2 Å². The van der Waals surface area contributed by atoms with E-state index in [1.807, 2.05) is 37.3 Å². The van der Waals surface area contributed by atoms with Gasteiger partial charge in [-0.15, -0.1) is 12.4 Å². The fourth-order valence-electron chi connectivity index (χ4n) is 2.70. The maximum absolute atomic E-state index is 5.95. The van der Waals surface area contributed by atoms with Crippen LogP contribution in [-0.2, 0) is 13.2 Å². The highest BCUT2D eigenvalue weighted by molar-refractivity contribution is 6.30. The molecule has 2 aromatic rings. The van der Waals surface area contributed by atoms with Gasteiger partial charge in [-0.3, -0.25) is 0 Å². The normalized spacial score (nSPS) is 10.3. The quantitative estimate of drug-likeness (QED) is 0.409. The van der Waals surface area contributed by atoms with Gasteiger partial charge >= 0.3 is 0 Å². The molecule has 0 unspecified atom stereocenters. The standard InChI is InChI=1S/C22H30ClNO2.ClH/c1-3-5-6-7-14-24-16-19-10-13-21(22(15-19)25-4-2)26-17-18-8-11-20(23)12-9-18;/h8-13,15,24H,3-7,14,16-17H2,1-2H3;1H. The molecule has 0 aliphatic carbocycles. The van der Waals surface area contributed by atoms with E-state index in [2.05, 4.69) is 24.4 Å². The Morgan fingerprint density at radius 2 is 1.59 bits per heavy atom. The van der Waals surface area contributed by atoms with Crippen molar-refractivity contribution in [2.24, 2.45) is 0 Å². The number of unbranched alkanes of at least 4 members (excludes halogenated alkanes) is 3. The summed E-state index contributed by atoms with van der Waals surface area (Å²) in [5.74, 6) is 1.57. The van der Waals surface area contributed by atoms with Crippen LogP contribution in [0, 0.1) is 0 Å². The highest BCUT2D eigenvalue weighted by Crippen LogP contribution is 2.29. The van der Waals surface area contributed by atoms with Crippen LogP contribution in [-0.4, -0.2) is 13.2 Å². The molecule has 3 nitrogen and oxygen atoms in total. The maximum Gasteiger partial charge on any atom is 0.161 e. The molecule has 2 aromatic carbocycles. The van der Waals surface area contributed by atoms with E-state index in [4.69, 9.17) is 21.1 Å². The molecular formula is C22H31Cl2NO2. The first-order valence-electron chi connectivity index (χ1n) is 9.56. The van der Waals surface area contributed by atoms with E-state index in [-0.39, 0.29) is 12.4 Å². The maximum atomic E-state index is 5.95. The molecule has 27 heavy (non-hydrogen) atoms. The predicted molar refractivity (Wildman–Crippen MR) is 116 cm³/mol. The second-order valence-electron chi connectivity index (χ2n) is 6.37. The Bertz CT molecular complexity index is 647. The van der Waals surface area contributed by atoms with E-state index in [1.165, 1.54) is 31.2 Å². The first-order chi connectivity index (χ1) is 12.7. The minimum atomic E-state index is 0. The van der Waals surface area contributed by atoms with Crippen molar-refractivity contribution >= 4 is 24.0 Å². The molecular weight excluding hydrogens is 381 g/mol. The van der Waals surface area contributed by atoms with Crippen molar-refractivity contribution in [3.05, 3.63) is 58.6 Å². The lowest BCUT2D eigenvalue weighted by molar-refractivity contribution is 0.269. The van der Waals surface area contributed by atoms with Gasteiger partial charge in [-0.05, 0) is 55.3 Å². The Hall–Kier alpha value is -1.42. The molecule has 150 valence electrons. The second kappa shape index (κ2) is 13.7. The van der Waals surface area contributed by atoms with Crippen molar-refractivity contribution in [1.82, 2.24) is 5.32 Å². The van der Waals surface area contributed by atoms with Gasteiger partial charge in [-0.2, -0.15) is 0 Å². The molecule has 0 radical (unpaired) electrons. The molecule has 0 aliphatic heterocycles. The summed E-state index contributed by atoms with van der Waals surface area (Å²) in [6.45, 7) is 7.24. The largest absolute Gasteiger partial charge is 0.490 e. The Labute approximate surface area is 174 Å². The smallest absolute Gasteiger partial charge is 0.161 e. The molecule has 0 fully saturated rings. The zero-order valence-electron chi connectivity index (χ0n) is 16.3. The van der Waals surface area contributed by atoms with Crippen molar-refractivity contribution in [3.8, 4) is 11.5 Å². The Kier molecular flexibility index (Phi) is 12.0. The number of halogens is 2. The third kappa shape index (κ3) is 8.87. The van der Waals surface area contributed by atoms with Gasteiger partial charge in [0, 0.05) is 11.6 Å². The summed E-state index contributed by atoms with van der Waals surface area (Å²) in [6.07, 6.45) is 5.12. The third-order valence-corrected chi connectivity index (χ3v) is 4.40. The summed E-state index contributed by atoms with van der Waals surface area (Å²) >= 11 is 5.92. The zero-order valence-corrected chi connectivity index (χ0v) is 17.9. The highest BCUT2D eigenvalue weighted by Gasteiger charge is 2.07. The van der Waals surface area contributed by atoms with Crippen LogP contribution in [0.1, 0.15) is 50.7 Å². The lowest BCUT2D eigenvalue weighted by Gasteiger charge is -2.14. The molecule has 0 aliphatic rings. The van der Waals surface area contributed by atoms with Crippen LogP contribution in [0.25, 0.3) is 0 Å². The van der Waals surface area contributed by atoms with E-state index < -0.39 is 0 Å². The minimum absolute atomic E-state index is 0. The molecule has 0 aromatic heterocycles. The van der Waals surface area contributed by atoms with Crippen LogP contribution < -0.4 is 14.8 Å². The Morgan fingerprint density at radius 1 is 0.852 bits per heavy atom.